The lowest BCUT2D eigenvalue weighted by Crippen LogP contribution is -2.36. The average Bonchev–Trinajstić information content (AvgIpc) is 2.81. The van der Waals surface area contributed by atoms with Crippen LogP contribution in [0, 0.1) is 11.2 Å². The molecule has 92 valence electrons. The van der Waals surface area contributed by atoms with Crippen molar-refractivity contribution in [2.45, 2.75) is 12.8 Å². The number of hydrogen-bond donors (Lipinski definition) is 1. The van der Waals surface area contributed by atoms with Crippen LogP contribution >= 0.6 is 0 Å². The molecule has 1 aliphatic heterocycles. The molecule has 1 fully saturated rings. The lowest BCUT2D eigenvalue weighted by Gasteiger charge is -2.25. The molecule has 0 aliphatic carbocycles. The highest BCUT2D eigenvalue weighted by Gasteiger charge is 2.42. The van der Waals surface area contributed by atoms with E-state index in [0.29, 0.717) is 13.0 Å². The van der Waals surface area contributed by atoms with Crippen molar-refractivity contribution in [3.8, 4) is 0 Å². The summed E-state index contributed by atoms with van der Waals surface area (Å²) in [7, 11) is 1.41. The number of nitrogens with one attached hydrogen (secondary N) is 1. The van der Waals surface area contributed by atoms with Gasteiger partial charge in [0.25, 0.3) is 0 Å². The van der Waals surface area contributed by atoms with Crippen LogP contribution in [0.1, 0.15) is 12.0 Å². The van der Waals surface area contributed by atoms with Gasteiger partial charge in [0.1, 0.15) is 5.82 Å². The maximum absolute atomic E-state index is 12.8. The van der Waals surface area contributed by atoms with Gasteiger partial charge in [0.05, 0.1) is 12.5 Å². The van der Waals surface area contributed by atoms with Crippen LogP contribution in [-0.4, -0.2) is 26.2 Å². The Morgan fingerprint density at radius 2 is 2.18 bits per heavy atom. The maximum atomic E-state index is 12.8. The first-order valence-corrected chi connectivity index (χ1v) is 5.70. The van der Waals surface area contributed by atoms with E-state index >= 15 is 0 Å². The number of ether oxygens (including phenoxy) is 1. The van der Waals surface area contributed by atoms with E-state index in [-0.39, 0.29) is 11.8 Å². The molecule has 2 rings (SSSR count). The van der Waals surface area contributed by atoms with E-state index in [1.165, 1.54) is 19.2 Å². The smallest absolute Gasteiger partial charge is 0.313 e. The minimum absolute atomic E-state index is 0.188. The van der Waals surface area contributed by atoms with Gasteiger partial charge in [-0.25, -0.2) is 4.39 Å². The number of halogens is 1. The van der Waals surface area contributed by atoms with Crippen LogP contribution in [0.4, 0.5) is 4.39 Å². The van der Waals surface area contributed by atoms with Crippen molar-refractivity contribution in [1.82, 2.24) is 5.32 Å². The Balaban J connectivity index is 2.18. The summed E-state index contributed by atoms with van der Waals surface area (Å²) in [4.78, 5) is 11.9. The van der Waals surface area contributed by atoms with Gasteiger partial charge in [0.2, 0.25) is 0 Å². The third kappa shape index (κ3) is 2.47. The highest BCUT2D eigenvalue weighted by molar-refractivity contribution is 5.78. The van der Waals surface area contributed by atoms with E-state index in [1.54, 1.807) is 12.1 Å². The topological polar surface area (TPSA) is 38.3 Å². The number of hydrogen-bond acceptors (Lipinski definition) is 3. The van der Waals surface area contributed by atoms with Crippen LogP contribution in [0.5, 0.6) is 0 Å². The first-order valence-electron chi connectivity index (χ1n) is 5.70. The fourth-order valence-electron chi connectivity index (χ4n) is 2.35. The molecule has 0 radical (unpaired) electrons. The van der Waals surface area contributed by atoms with E-state index < -0.39 is 5.41 Å². The van der Waals surface area contributed by atoms with Crippen molar-refractivity contribution < 1.29 is 13.9 Å². The molecule has 0 bridgehead atoms. The Labute approximate surface area is 100.0 Å². The van der Waals surface area contributed by atoms with Gasteiger partial charge in [-0.3, -0.25) is 4.79 Å². The van der Waals surface area contributed by atoms with Crippen LogP contribution < -0.4 is 5.32 Å². The number of rotatable bonds is 3. The van der Waals surface area contributed by atoms with Crippen molar-refractivity contribution in [3.63, 3.8) is 0 Å². The van der Waals surface area contributed by atoms with Crippen molar-refractivity contribution in [2.24, 2.45) is 5.41 Å². The zero-order chi connectivity index (χ0) is 12.3. The van der Waals surface area contributed by atoms with Crippen molar-refractivity contribution >= 4 is 5.97 Å². The van der Waals surface area contributed by atoms with Crippen LogP contribution in [0.3, 0.4) is 0 Å². The molecule has 1 N–H and O–H groups in total. The molecule has 17 heavy (non-hydrogen) atoms. The van der Waals surface area contributed by atoms with Gasteiger partial charge in [-0.1, -0.05) is 12.1 Å². The number of benzene rings is 1. The zero-order valence-electron chi connectivity index (χ0n) is 9.83. The number of carbonyl (C=O) groups excluding carboxylic acids is 1. The standard InChI is InChI=1S/C13H16FNO2/c1-17-12(16)13(6-7-15-9-13)8-10-2-4-11(14)5-3-10/h2-5,15H,6-9H2,1H3/t13-/m1/s1. The molecule has 0 saturated carbocycles. The summed E-state index contributed by atoms with van der Waals surface area (Å²) < 4.78 is 17.7. The summed E-state index contributed by atoms with van der Waals surface area (Å²) in [6, 6.07) is 6.28. The van der Waals surface area contributed by atoms with Crippen molar-refractivity contribution in [1.29, 1.82) is 0 Å². The van der Waals surface area contributed by atoms with Gasteiger partial charge in [-0.15, -0.1) is 0 Å². The van der Waals surface area contributed by atoms with Crippen LogP contribution in [0.25, 0.3) is 0 Å². The molecule has 0 aromatic heterocycles. The van der Waals surface area contributed by atoms with E-state index in [4.69, 9.17) is 4.74 Å². The number of carbonyl (C=O) groups is 1. The third-order valence-corrected chi connectivity index (χ3v) is 3.32. The number of esters is 1. The second-order valence-electron chi connectivity index (χ2n) is 4.50. The SMILES string of the molecule is COC(=O)[C@@]1(Cc2ccc(F)cc2)CCNC1. The van der Waals surface area contributed by atoms with Gasteiger partial charge >= 0.3 is 5.97 Å². The fourth-order valence-corrected chi connectivity index (χ4v) is 2.35. The normalized spacial score (nSPS) is 23.6. The first-order chi connectivity index (χ1) is 8.16. The van der Waals surface area contributed by atoms with E-state index in [9.17, 15) is 9.18 Å². The van der Waals surface area contributed by atoms with E-state index in [2.05, 4.69) is 5.32 Å². The molecule has 1 atom stereocenters. The average molecular weight is 237 g/mol. The fraction of sp³-hybridized carbons (Fsp3) is 0.462. The molecule has 1 saturated heterocycles. The largest absolute Gasteiger partial charge is 0.469 e. The summed E-state index contributed by atoms with van der Waals surface area (Å²) in [5.74, 6) is -0.447. The van der Waals surface area contributed by atoms with Crippen molar-refractivity contribution in [3.05, 3.63) is 35.6 Å². The van der Waals surface area contributed by atoms with Gasteiger partial charge in [0.15, 0.2) is 0 Å². The summed E-state index contributed by atoms with van der Waals surface area (Å²) in [6.45, 7) is 1.44. The zero-order valence-corrected chi connectivity index (χ0v) is 9.83. The Hall–Kier alpha value is -1.42. The van der Waals surface area contributed by atoms with Crippen molar-refractivity contribution in [2.75, 3.05) is 20.2 Å². The molecule has 1 aromatic carbocycles. The molecular weight excluding hydrogens is 221 g/mol. The monoisotopic (exact) mass is 237 g/mol. The molecular formula is C13H16FNO2. The molecule has 1 heterocycles. The Bertz CT molecular complexity index is 396. The highest BCUT2D eigenvalue weighted by Crippen LogP contribution is 2.31. The lowest BCUT2D eigenvalue weighted by molar-refractivity contribution is -0.151. The number of methoxy groups -OCH3 is 1. The molecule has 1 aliphatic rings. The van der Waals surface area contributed by atoms with E-state index in [0.717, 1.165) is 18.5 Å². The molecule has 0 spiro atoms. The second kappa shape index (κ2) is 4.84. The highest BCUT2D eigenvalue weighted by atomic mass is 19.1. The molecule has 0 amide bonds. The Morgan fingerprint density at radius 3 is 2.71 bits per heavy atom. The predicted molar refractivity (Wildman–Crippen MR) is 62.0 cm³/mol. The second-order valence-corrected chi connectivity index (χ2v) is 4.50. The molecule has 1 aromatic rings. The molecule has 0 unspecified atom stereocenters. The maximum Gasteiger partial charge on any atom is 0.313 e. The van der Waals surface area contributed by atoms with Gasteiger partial charge in [-0.05, 0) is 37.1 Å². The Kier molecular flexibility index (Phi) is 3.43. The van der Waals surface area contributed by atoms with E-state index in [1.807, 2.05) is 0 Å². The minimum Gasteiger partial charge on any atom is -0.469 e. The van der Waals surface area contributed by atoms with Gasteiger partial charge in [0, 0.05) is 6.54 Å². The third-order valence-electron chi connectivity index (χ3n) is 3.32. The predicted octanol–water partition coefficient (Wildman–Crippen LogP) is 1.52. The summed E-state index contributed by atoms with van der Waals surface area (Å²) >= 11 is 0. The lowest BCUT2D eigenvalue weighted by atomic mass is 9.81. The van der Waals surface area contributed by atoms with Crippen LogP contribution in [0.15, 0.2) is 24.3 Å². The molecule has 3 nitrogen and oxygen atoms in total. The van der Waals surface area contributed by atoms with Crippen LogP contribution in [-0.2, 0) is 16.0 Å². The van der Waals surface area contributed by atoms with Gasteiger partial charge in [-0.2, -0.15) is 0 Å². The minimum atomic E-state index is -0.493. The van der Waals surface area contributed by atoms with Gasteiger partial charge < -0.3 is 10.1 Å². The van der Waals surface area contributed by atoms with Crippen LogP contribution in [0.2, 0.25) is 0 Å². The summed E-state index contributed by atoms with van der Waals surface area (Å²) in [5, 5.41) is 3.19. The summed E-state index contributed by atoms with van der Waals surface area (Å²) in [6.07, 6.45) is 1.35. The quantitative estimate of drug-likeness (QED) is 0.810. The molecule has 4 heteroatoms. The summed E-state index contributed by atoms with van der Waals surface area (Å²) in [5.41, 5.74) is 0.465. The first kappa shape index (κ1) is 12.0. The Morgan fingerprint density at radius 1 is 1.47 bits per heavy atom.